The SMILES string of the molecule is COCCNC(=O)Cn1cc(Nc2cc(C)ncn2)cn1. The molecule has 0 radical (unpaired) electrons. The molecule has 0 unspecified atom stereocenters. The predicted octanol–water partition coefficient (Wildman–Crippen LogP) is 0.488. The van der Waals surface area contributed by atoms with E-state index in [0.29, 0.717) is 19.0 Å². The Hall–Kier alpha value is -2.48. The highest BCUT2D eigenvalue weighted by molar-refractivity contribution is 5.75. The van der Waals surface area contributed by atoms with Crippen molar-refractivity contribution in [1.29, 1.82) is 0 Å². The molecule has 0 aliphatic heterocycles. The normalized spacial score (nSPS) is 10.4. The summed E-state index contributed by atoms with van der Waals surface area (Å²) in [6.45, 7) is 3.03. The number of rotatable bonds is 7. The molecule has 2 aromatic heterocycles. The summed E-state index contributed by atoms with van der Waals surface area (Å²) in [5.74, 6) is 0.575. The molecule has 1 amide bonds. The van der Waals surface area contributed by atoms with Gasteiger partial charge in [-0.1, -0.05) is 0 Å². The Morgan fingerprint density at radius 3 is 3.05 bits per heavy atom. The molecule has 2 heterocycles. The Balaban J connectivity index is 1.88. The molecule has 0 saturated heterocycles. The van der Waals surface area contributed by atoms with Crippen LogP contribution < -0.4 is 10.6 Å². The average Bonchev–Trinajstić information content (AvgIpc) is 2.86. The molecule has 0 saturated carbocycles. The van der Waals surface area contributed by atoms with Crippen molar-refractivity contribution in [3.05, 3.63) is 30.5 Å². The van der Waals surface area contributed by atoms with E-state index < -0.39 is 0 Å². The van der Waals surface area contributed by atoms with E-state index in [1.54, 1.807) is 24.2 Å². The first kappa shape index (κ1) is 14.9. The van der Waals surface area contributed by atoms with E-state index in [1.807, 2.05) is 13.0 Å². The van der Waals surface area contributed by atoms with Gasteiger partial charge in [0.1, 0.15) is 18.7 Å². The number of ether oxygens (including phenoxy) is 1. The molecule has 0 aliphatic carbocycles. The molecule has 21 heavy (non-hydrogen) atoms. The first-order valence-electron chi connectivity index (χ1n) is 6.51. The largest absolute Gasteiger partial charge is 0.383 e. The monoisotopic (exact) mass is 290 g/mol. The van der Waals surface area contributed by atoms with Crippen LogP contribution in [0.5, 0.6) is 0 Å². The van der Waals surface area contributed by atoms with Crippen molar-refractivity contribution >= 4 is 17.4 Å². The maximum Gasteiger partial charge on any atom is 0.241 e. The first-order chi connectivity index (χ1) is 10.2. The highest BCUT2D eigenvalue weighted by Gasteiger charge is 2.05. The summed E-state index contributed by atoms with van der Waals surface area (Å²) in [6.07, 6.45) is 4.87. The third kappa shape index (κ3) is 4.84. The van der Waals surface area contributed by atoms with Gasteiger partial charge in [0.2, 0.25) is 5.91 Å². The van der Waals surface area contributed by atoms with Crippen LogP contribution in [0.25, 0.3) is 0 Å². The molecule has 0 aliphatic rings. The lowest BCUT2D eigenvalue weighted by molar-refractivity contribution is -0.122. The fraction of sp³-hybridized carbons (Fsp3) is 0.385. The molecule has 8 heteroatoms. The molecule has 2 rings (SSSR count). The number of anilines is 2. The van der Waals surface area contributed by atoms with Gasteiger partial charge in [-0.2, -0.15) is 5.10 Å². The number of hydrogen-bond acceptors (Lipinski definition) is 6. The third-order valence-electron chi connectivity index (χ3n) is 2.64. The molecule has 112 valence electrons. The second kappa shape index (κ2) is 7.34. The fourth-order valence-electron chi connectivity index (χ4n) is 1.68. The average molecular weight is 290 g/mol. The van der Waals surface area contributed by atoms with E-state index in [-0.39, 0.29) is 12.5 Å². The molecule has 2 N–H and O–H groups in total. The lowest BCUT2D eigenvalue weighted by atomic mass is 10.4. The number of methoxy groups -OCH3 is 1. The van der Waals surface area contributed by atoms with Crippen molar-refractivity contribution in [3.63, 3.8) is 0 Å². The summed E-state index contributed by atoms with van der Waals surface area (Å²) in [7, 11) is 1.59. The summed E-state index contributed by atoms with van der Waals surface area (Å²) in [6, 6.07) is 1.83. The minimum atomic E-state index is -0.111. The quantitative estimate of drug-likeness (QED) is 0.721. The predicted molar refractivity (Wildman–Crippen MR) is 77.2 cm³/mol. The summed E-state index contributed by atoms with van der Waals surface area (Å²) in [5, 5.41) is 9.96. The third-order valence-corrected chi connectivity index (χ3v) is 2.64. The van der Waals surface area contributed by atoms with Gasteiger partial charge in [-0.15, -0.1) is 0 Å². The molecular weight excluding hydrogens is 272 g/mol. The van der Waals surface area contributed by atoms with Crippen molar-refractivity contribution < 1.29 is 9.53 Å². The van der Waals surface area contributed by atoms with Crippen LogP contribution in [-0.4, -0.2) is 45.9 Å². The van der Waals surface area contributed by atoms with Crippen LogP contribution in [0.4, 0.5) is 11.5 Å². The molecule has 2 aromatic rings. The van der Waals surface area contributed by atoms with Crippen LogP contribution in [0, 0.1) is 6.92 Å². The fourth-order valence-corrected chi connectivity index (χ4v) is 1.68. The number of carbonyl (C=O) groups is 1. The van der Waals surface area contributed by atoms with E-state index >= 15 is 0 Å². The van der Waals surface area contributed by atoms with E-state index in [9.17, 15) is 4.79 Å². The maximum absolute atomic E-state index is 11.6. The van der Waals surface area contributed by atoms with Gasteiger partial charge in [0, 0.05) is 31.6 Å². The van der Waals surface area contributed by atoms with Crippen LogP contribution in [0.15, 0.2) is 24.8 Å². The van der Waals surface area contributed by atoms with Gasteiger partial charge < -0.3 is 15.4 Å². The zero-order valence-electron chi connectivity index (χ0n) is 12.0. The van der Waals surface area contributed by atoms with Gasteiger partial charge in [-0.05, 0) is 6.92 Å². The first-order valence-corrected chi connectivity index (χ1v) is 6.51. The standard InChI is InChI=1S/C13H18N6O2/c1-10-5-12(16-9-15-10)18-11-6-17-19(7-11)8-13(20)14-3-4-21-2/h5-7,9H,3-4,8H2,1-2H3,(H,14,20)(H,15,16,18). The second-order valence-corrected chi connectivity index (χ2v) is 4.44. The summed E-state index contributed by atoms with van der Waals surface area (Å²) < 4.78 is 6.42. The number of carbonyl (C=O) groups excluding carboxylic acids is 1. The topological polar surface area (TPSA) is 94.0 Å². The molecule has 0 fully saturated rings. The van der Waals surface area contributed by atoms with E-state index in [4.69, 9.17) is 4.74 Å². The number of amides is 1. The van der Waals surface area contributed by atoms with Crippen molar-refractivity contribution in [3.8, 4) is 0 Å². The van der Waals surface area contributed by atoms with Crippen molar-refractivity contribution in [2.24, 2.45) is 0 Å². The van der Waals surface area contributed by atoms with Gasteiger partial charge >= 0.3 is 0 Å². The summed E-state index contributed by atoms with van der Waals surface area (Å²) in [4.78, 5) is 19.8. The zero-order chi connectivity index (χ0) is 15.1. The van der Waals surface area contributed by atoms with Crippen LogP contribution in [0.1, 0.15) is 5.69 Å². The van der Waals surface area contributed by atoms with Crippen LogP contribution in [-0.2, 0) is 16.1 Å². The van der Waals surface area contributed by atoms with Gasteiger partial charge in [0.05, 0.1) is 18.5 Å². The van der Waals surface area contributed by atoms with Crippen molar-refractivity contribution in [2.75, 3.05) is 25.6 Å². The highest BCUT2D eigenvalue weighted by Crippen LogP contribution is 2.13. The maximum atomic E-state index is 11.6. The number of hydrogen-bond donors (Lipinski definition) is 2. The lowest BCUT2D eigenvalue weighted by Gasteiger charge is -2.04. The van der Waals surface area contributed by atoms with Gasteiger partial charge in [-0.3, -0.25) is 9.48 Å². The summed E-state index contributed by atoms with van der Waals surface area (Å²) >= 11 is 0. The molecular formula is C13H18N6O2. The van der Waals surface area contributed by atoms with E-state index in [2.05, 4.69) is 25.7 Å². The second-order valence-electron chi connectivity index (χ2n) is 4.44. The Morgan fingerprint density at radius 1 is 1.43 bits per heavy atom. The van der Waals surface area contributed by atoms with E-state index in [1.165, 1.54) is 6.33 Å². The Labute approximate surface area is 122 Å². The number of aromatic nitrogens is 4. The van der Waals surface area contributed by atoms with Crippen molar-refractivity contribution in [2.45, 2.75) is 13.5 Å². The van der Waals surface area contributed by atoms with Crippen LogP contribution >= 0.6 is 0 Å². The molecule has 0 spiro atoms. The Bertz CT molecular complexity index is 598. The minimum Gasteiger partial charge on any atom is -0.383 e. The zero-order valence-corrected chi connectivity index (χ0v) is 12.0. The number of nitrogens with zero attached hydrogens (tertiary/aromatic N) is 4. The van der Waals surface area contributed by atoms with E-state index in [0.717, 1.165) is 11.4 Å². The highest BCUT2D eigenvalue weighted by atomic mass is 16.5. The number of aryl methyl sites for hydroxylation is 1. The van der Waals surface area contributed by atoms with Gasteiger partial charge in [0.25, 0.3) is 0 Å². The minimum absolute atomic E-state index is 0.111. The molecule has 0 aromatic carbocycles. The smallest absolute Gasteiger partial charge is 0.241 e. The number of nitrogens with one attached hydrogen (secondary N) is 2. The van der Waals surface area contributed by atoms with Gasteiger partial charge in [0.15, 0.2) is 0 Å². The van der Waals surface area contributed by atoms with Crippen molar-refractivity contribution in [1.82, 2.24) is 25.1 Å². The molecule has 0 atom stereocenters. The molecule has 0 bridgehead atoms. The summed E-state index contributed by atoms with van der Waals surface area (Å²) in [5.41, 5.74) is 1.63. The van der Waals surface area contributed by atoms with Crippen LogP contribution in [0.2, 0.25) is 0 Å². The Kier molecular flexibility index (Phi) is 5.22. The van der Waals surface area contributed by atoms with Gasteiger partial charge in [-0.25, -0.2) is 9.97 Å². The van der Waals surface area contributed by atoms with Crippen LogP contribution in [0.3, 0.4) is 0 Å². The molecule has 8 nitrogen and oxygen atoms in total. The Morgan fingerprint density at radius 2 is 2.29 bits per heavy atom. The lowest BCUT2D eigenvalue weighted by Crippen LogP contribution is -2.30.